The van der Waals surface area contributed by atoms with Crippen LogP contribution in [-0.4, -0.2) is 20.9 Å². The number of nitrogens with zero attached hydrogens (tertiary/aromatic N) is 3. The second-order valence-electron chi connectivity index (χ2n) is 7.21. The highest BCUT2D eigenvalue weighted by Crippen LogP contribution is 2.64. The maximum Gasteiger partial charge on any atom is 0.301 e. The number of halogens is 1. The third-order valence-electron chi connectivity index (χ3n) is 6.21. The van der Waals surface area contributed by atoms with Crippen molar-refractivity contribution in [1.82, 2.24) is 0 Å². The quantitative estimate of drug-likeness (QED) is 0.436. The van der Waals surface area contributed by atoms with Crippen molar-refractivity contribution >= 4 is 38.7 Å². The topological polar surface area (TPSA) is 111 Å². The predicted octanol–water partition coefficient (Wildman–Crippen LogP) is 4.49. The highest BCUT2D eigenvalue weighted by atomic mass is 79.9. The van der Waals surface area contributed by atoms with Gasteiger partial charge in [-0.3, -0.25) is 25.7 Å². The van der Waals surface area contributed by atoms with E-state index in [2.05, 4.69) is 40.3 Å². The summed E-state index contributed by atoms with van der Waals surface area (Å²) in [6.07, 6.45) is 3.07. The van der Waals surface area contributed by atoms with E-state index in [9.17, 15) is 20.2 Å². The lowest BCUT2D eigenvalue weighted by Crippen LogP contribution is -2.36. The predicted molar refractivity (Wildman–Crippen MR) is 98.2 cm³/mol. The summed E-state index contributed by atoms with van der Waals surface area (Å²) in [5.74, 6) is 0.546. The van der Waals surface area contributed by atoms with Crippen molar-refractivity contribution in [3.63, 3.8) is 0 Å². The Bertz CT molecular complexity index is 783. The van der Waals surface area contributed by atoms with Crippen LogP contribution in [0.1, 0.15) is 33.1 Å². The fraction of sp³-hybridized carbons (Fsp3) is 0.562. The average Bonchev–Trinajstić information content (AvgIpc) is 2.95. The fourth-order valence-corrected chi connectivity index (χ4v) is 5.29. The number of nitro groups is 2. The zero-order valence-electron chi connectivity index (χ0n) is 14.0. The van der Waals surface area contributed by atoms with E-state index in [1.54, 1.807) is 0 Å². The van der Waals surface area contributed by atoms with Gasteiger partial charge in [-0.1, -0.05) is 29.8 Å². The number of fused-ring (bicyclic) bond motifs is 2. The number of nitro benzene ring substituents is 2. The van der Waals surface area contributed by atoms with Gasteiger partial charge in [0.05, 0.1) is 15.9 Å². The van der Waals surface area contributed by atoms with Gasteiger partial charge in [-0.2, -0.15) is 5.10 Å². The summed E-state index contributed by atoms with van der Waals surface area (Å²) >= 11 is 3.64. The fourth-order valence-electron chi connectivity index (χ4n) is 4.21. The van der Waals surface area contributed by atoms with Crippen molar-refractivity contribution in [2.24, 2.45) is 21.8 Å². The number of hydrogen-bond acceptors (Lipinski definition) is 6. The van der Waals surface area contributed by atoms with Gasteiger partial charge in [0.2, 0.25) is 0 Å². The van der Waals surface area contributed by atoms with Crippen LogP contribution in [0.2, 0.25) is 0 Å². The van der Waals surface area contributed by atoms with Gasteiger partial charge in [0, 0.05) is 22.5 Å². The maximum atomic E-state index is 11.2. The normalized spacial score (nSPS) is 32.1. The molecule has 0 unspecified atom stereocenters. The third kappa shape index (κ3) is 2.61. The lowest BCUT2D eigenvalue weighted by Gasteiger charge is -2.36. The Morgan fingerprint density at radius 3 is 2.60 bits per heavy atom. The number of non-ortho nitro benzene ring substituents is 1. The van der Waals surface area contributed by atoms with Crippen LogP contribution in [0.3, 0.4) is 0 Å². The lowest BCUT2D eigenvalue weighted by molar-refractivity contribution is -0.393. The molecule has 0 saturated heterocycles. The minimum atomic E-state index is -0.652. The van der Waals surface area contributed by atoms with Crippen LogP contribution in [0.4, 0.5) is 17.1 Å². The first-order valence-electron chi connectivity index (χ1n) is 8.05. The van der Waals surface area contributed by atoms with Crippen molar-refractivity contribution in [2.75, 3.05) is 10.8 Å². The zero-order chi connectivity index (χ0) is 18.4. The molecule has 9 heteroatoms. The molecule has 2 aliphatic rings. The van der Waals surface area contributed by atoms with Crippen LogP contribution >= 0.6 is 15.9 Å². The zero-order valence-corrected chi connectivity index (χ0v) is 15.6. The van der Waals surface area contributed by atoms with Gasteiger partial charge in [-0.25, -0.2) is 0 Å². The molecule has 0 heterocycles. The highest BCUT2D eigenvalue weighted by Gasteiger charge is 2.61. The molecule has 3 rings (SSSR count). The average molecular weight is 411 g/mol. The number of benzene rings is 1. The van der Waals surface area contributed by atoms with Crippen LogP contribution in [0.5, 0.6) is 0 Å². The van der Waals surface area contributed by atoms with Gasteiger partial charge in [-0.15, -0.1) is 0 Å². The summed E-state index contributed by atoms with van der Waals surface area (Å²) in [5.41, 5.74) is 3.36. The van der Waals surface area contributed by atoms with Crippen molar-refractivity contribution in [1.29, 1.82) is 0 Å². The van der Waals surface area contributed by atoms with Crippen LogP contribution in [0.25, 0.3) is 0 Å². The lowest BCUT2D eigenvalue weighted by atomic mass is 9.70. The molecule has 2 bridgehead atoms. The van der Waals surface area contributed by atoms with E-state index in [1.165, 1.54) is 12.1 Å². The van der Waals surface area contributed by atoms with Crippen LogP contribution < -0.4 is 5.43 Å². The highest BCUT2D eigenvalue weighted by molar-refractivity contribution is 9.09. The van der Waals surface area contributed by atoms with E-state index in [0.29, 0.717) is 5.92 Å². The largest absolute Gasteiger partial charge is 0.301 e. The Balaban J connectivity index is 1.91. The molecule has 0 aromatic heterocycles. The molecule has 25 heavy (non-hydrogen) atoms. The molecule has 0 aliphatic heterocycles. The van der Waals surface area contributed by atoms with E-state index < -0.39 is 9.85 Å². The molecule has 8 nitrogen and oxygen atoms in total. The Morgan fingerprint density at radius 1 is 1.32 bits per heavy atom. The first kappa shape index (κ1) is 17.8. The third-order valence-corrected chi connectivity index (χ3v) is 7.37. The Morgan fingerprint density at radius 2 is 2.04 bits per heavy atom. The molecular weight excluding hydrogens is 392 g/mol. The number of anilines is 1. The molecule has 0 radical (unpaired) electrons. The number of nitrogens with one attached hydrogen (secondary N) is 1. The van der Waals surface area contributed by atoms with E-state index in [0.717, 1.165) is 36.4 Å². The molecule has 0 spiro atoms. The maximum absolute atomic E-state index is 11.2. The summed E-state index contributed by atoms with van der Waals surface area (Å²) < 4.78 is 0. The Hall–Kier alpha value is -2.03. The first-order chi connectivity index (χ1) is 11.7. The number of hydrogen-bond donors (Lipinski definition) is 1. The Kier molecular flexibility index (Phi) is 4.30. The molecule has 3 atom stereocenters. The molecule has 1 aromatic rings. The van der Waals surface area contributed by atoms with Crippen molar-refractivity contribution in [2.45, 2.75) is 33.1 Å². The minimum absolute atomic E-state index is 0.0519. The number of hydrazone groups is 1. The Labute approximate surface area is 153 Å². The van der Waals surface area contributed by atoms with E-state index >= 15 is 0 Å². The molecule has 0 amide bonds. The van der Waals surface area contributed by atoms with E-state index in [4.69, 9.17) is 0 Å². The summed E-state index contributed by atoms with van der Waals surface area (Å²) in [7, 11) is 0. The van der Waals surface area contributed by atoms with Gasteiger partial charge in [-0.05, 0) is 36.7 Å². The molecule has 1 aromatic carbocycles. The summed E-state index contributed by atoms with van der Waals surface area (Å²) in [5, 5.41) is 27.4. The summed E-state index contributed by atoms with van der Waals surface area (Å²) in [6.45, 7) is 4.46. The van der Waals surface area contributed by atoms with Crippen LogP contribution in [-0.2, 0) is 0 Å². The van der Waals surface area contributed by atoms with Crippen molar-refractivity contribution in [3.8, 4) is 0 Å². The molecule has 2 saturated carbocycles. The molecule has 134 valence electrons. The van der Waals surface area contributed by atoms with Gasteiger partial charge in [0.1, 0.15) is 5.69 Å². The van der Waals surface area contributed by atoms with Gasteiger partial charge in [0.15, 0.2) is 0 Å². The molecular formula is C16H19BrN4O4. The molecule has 1 N–H and O–H groups in total. The monoisotopic (exact) mass is 410 g/mol. The number of rotatable bonds is 5. The SMILES string of the molecule is C[C@@]12CC[C@@H](C/C1=N/Nc1ccc([N+](=O)[O-])cc1[N+](=O)[O-])[C@@]2(C)CBr. The second-order valence-corrected chi connectivity index (χ2v) is 7.77. The standard InChI is InChI=1S/C16H19BrN4O4/c1-15-6-5-10(16(15,2)9-17)7-14(15)19-18-12-4-3-11(20(22)23)8-13(12)21(24)25/h3-4,8,10,18H,5-7,9H2,1-2H3/b19-14-/t10-,15+,16+/m0/s1. The van der Waals surface area contributed by atoms with Crippen molar-refractivity contribution in [3.05, 3.63) is 38.4 Å². The smallest absolute Gasteiger partial charge is 0.272 e. The first-order valence-corrected chi connectivity index (χ1v) is 9.17. The second kappa shape index (κ2) is 6.05. The van der Waals surface area contributed by atoms with Crippen LogP contribution in [0.15, 0.2) is 23.3 Å². The number of alkyl halides is 1. The van der Waals surface area contributed by atoms with E-state index in [-0.39, 0.29) is 27.9 Å². The molecule has 2 aliphatic carbocycles. The van der Waals surface area contributed by atoms with Crippen molar-refractivity contribution < 1.29 is 9.85 Å². The molecule has 2 fully saturated rings. The summed E-state index contributed by atoms with van der Waals surface area (Å²) in [4.78, 5) is 20.7. The van der Waals surface area contributed by atoms with Gasteiger partial charge in [0.25, 0.3) is 5.69 Å². The van der Waals surface area contributed by atoms with E-state index in [1.807, 2.05) is 0 Å². The van der Waals surface area contributed by atoms with Gasteiger partial charge < -0.3 is 0 Å². The minimum Gasteiger partial charge on any atom is -0.272 e. The van der Waals surface area contributed by atoms with Crippen LogP contribution in [0, 0.1) is 37.0 Å². The van der Waals surface area contributed by atoms with Gasteiger partial charge >= 0.3 is 5.69 Å². The summed E-state index contributed by atoms with van der Waals surface area (Å²) in [6, 6.07) is 3.52.